The molecule has 0 N–H and O–H groups in total. The lowest BCUT2D eigenvalue weighted by Gasteiger charge is -2.16. The summed E-state index contributed by atoms with van der Waals surface area (Å²) in [7, 11) is -3.64. The summed E-state index contributed by atoms with van der Waals surface area (Å²) in [6.45, 7) is 6.04. The highest BCUT2D eigenvalue weighted by Gasteiger charge is 2.26. The fourth-order valence-electron chi connectivity index (χ4n) is 4.43. The summed E-state index contributed by atoms with van der Waals surface area (Å²) in [4.78, 5) is 12.7. The Labute approximate surface area is 188 Å². The van der Waals surface area contributed by atoms with Crippen molar-refractivity contribution >= 4 is 37.6 Å². The topological polar surface area (TPSA) is 65.4 Å². The zero-order valence-electron chi connectivity index (χ0n) is 18.8. The van der Waals surface area contributed by atoms with Crippen molar-refractivity contribution in [2.24, 2.45) is 0 Å². The summed E-state index contributed by atoms with van der Waals surface area (Å²) in [6.07, 6.45) is 0.849. The zero-order chi connectivity index (χ0) is 23.0. The number of rotatable bonds is 6. The van der Waals surface area contributed by atoms with Gasteiger partial charge in [0.05, 0.1) is 22.9 Å². The summed E-state index contributed by atoms with van der Waals surface area (Å²) < 4.78 is 33.6. The van der Waals surface area contributed by atoms with Crippen LogP contribution in [0.25, 0.3) is 21.8 Å². The van der Waals surface area contributed by atoms with Crippen LogP contribution in [0.2, 0.25) is 0 Å². The molecule has 0 amide bonds. The van der Waals surface area contributed by atoms with E-state index in [-0.39, 0.29) is 17.4 Å². The number of aryl methyl sites for hydroxylation is 1. The maximum Gasteiger partial charge on any atom is 0.310 e. The normalized spacial score (nSPS) is 12.0. The lowest BCUT2D eigenvalue weighted by molar-refractivity contribution is -0.146. The average Bonchev–Trinajstić information content (AvgIpc) is 3.02. The van der Waals surface area contributed by atoms with Crippen molar-refractivity contribution in [1.82, 2.24) is 4.57 Å². The number of fused-ring (bicyclic) bond motifs is 3. The van der Waals surface area contributed by atoms with Crippen LogP contribution in [0.1, 0.15) is 30.5 Å². The molecule has 0 fully saturated rings. The number of ether oxygens (including phenoxy) is 1. The monoisotopic (exact) mass is 449 g/mol. The van der Waals surface area contributed by atoms with Crippen LogP contribution in [0.5, 0.6) is 0 Å². The van der Waals surface area contributed by atoms with E-state index in [2.05, 4.69) is 4.57 Å². The molecule has 1 heterocycles. The number of aromatic nitrogens is 1. The van der Waals surface area contributed by atoms with Gasteiger partial charge in [0, 0.05) is 29.1 Å². The molecule has 1 aromatic heterocycles. The van der Waals surface area contributed by atoms with Crippen molar-refractivity contribution in [2.75, 3.05) is 6.26 Å². The highest BCUT2D eigenvalue weighted by atomic mass is 32.2. The number of carbonyl (C=O) groups is 1. The summed E-state index contributed by atoms with van der Waals surface area (Å²) in [5.74, 6) is -0.436. The van der Waals surface area contributed by atoms with Crippen molar-refractivity contribution in [3.63, 3.8) is 0 Å². The zero-order valence-corrected chi connectivity index (χ0v) is 19.6. The Morgan fingerprint density at radius 2 is 1.69 bits per heavy atom. The smallest absolute Gasteiger partial charge is 0.310 e. The number of esters is 1. The molecule has 0 radical (unpaired) electrons. The summed E-state index contributed by atoms with van der Waals surface area (Å²) in [6, 6.07) is 19.7. The maximum atomic E-state index is 13.1. The number of benzene rings is 3. The van der Waals surface area contributed by atoms with Gasteiger partial charge in [0.25, 0.3) is 0 Å². The molecule has 0 saturated carbocycles. The molecule has 4 aromatic rings. The van der Waals surface area contributed by atoms with Crippen molar-refractivity contribution in [1.29, 1.82) is 0 Å². The van der Waals surface area contributed by atoms with Gasteiger partial charge in [-0.3, -0.25) is 4.79 Å². The third-order valence-corrected chi connectivity index (χ3v) is 6.72. The first-order chi connectivity index (χ1) is 15.2. The molecule has 5 nitrogen and oxygen atoms in total. The van der Waals surface area contributed by atoms with Gasteiger partial charge in [0.2, 0.25) is 0 Å². The third kappa shape index (κ3) is 4.15. The van der Waals surface area contributed by atoms with Crippen molar-refractivity contribution in [3.05, 3.63) is 77.4 Å². The molecule has 0 aliphatic heterocycles. The highest BCUT2D eigenvalue weighted by Crippen LogP contribution is 2.38. The largest absolute Gasteiger partial charge is 0.463 e. The molecule has 0 saturated heterocycles. The Morgan fingerprint density at radius 1 is 1.03 bits per heavy atom. The van der Waals surface area contributed by atoms with Crippen molar-refractivity contribution in [2.45, 2.75) is 44.7 Å². The van der Waals surface area contributed by atoms with Gasteiger partial charge < -0.3 is 9.30 Å². The highest BCUT2D eigenvalue weighted by molar-refractivity contribution is 7.91. The Morgan fingerprint density at radius 3 is 2.34 bits per heavy atom. The molecule has 166 valence electrons. The van der Waals surface area contributed by atoms with Gasteiger partial charge in [0.1, 0.15) is 0 Å². The van der Waals surface area contributed by atoms with Crippen LogP contribution >= 0.6 is 0 Å². The van der Waals surface area contributed by atoms with Crippen LogP contribution < -0.4 is 0 Å². The van der Waals surface area contributed by atoms with Crippen molar-refractivity contribution < 1.29 is 17.9 Å². The maximum absolute atomic E-state index is 13.1. The van der Waals surface area contributed by atoms with Crippen molar-refractivity contribution in [3.8, 4) is 0 Å². The standard InChI is InChI=1S/C26H27NO4S/c1-17(2)31-23(28)15-20-14-18(3)24-21-12-8-9-13-22(21)27(16-19-10-6-5-7-11-19)25(24)26(20)32(4,29)30/h5-14,17H,15-16H2,1-4H3. The molecule has 4 rings (SSSR count). The number of nitrogens with zero attached hydrogens (tertiary/aromatic N) is 1. The predicted molar refractivity (Wildman–Crippen MR) is 128 cm³/mol. The second-order valence-electron chi connectivity index (χ2n) is 8.48. The minimum atomic E-state index is -3.64. The minimum Gasteiger partial charge on any atom is -0.463 e. The number of hydrogen-bond donors (Lipinski definition) is 0. The predicted octanol–water partition coefficient (Wildman–Crippen LogP) is 5.05. The molecule has 0 spiro atoms. The number of hydrogen-bond acceptors (Lipinski definition) is 4. The van der Waals surface area contributed by atoms with Gasteiger partial charge in [-0.1, -0.05) is 54.6 Å². The Bertz CT molecular complexity index is 1420. The van der Waals surface area contributed by atoms with Crippen LogP contribution in [-0.4, -0.2) is 31.3 Å². The lowest BCUT2D eigenvalue weighted by atomic mass is 10.0. The fraction of sp³-hybridized carbons (Fsp3) is 0.269. The van der Waals surface area contributed by atoms with E-state index in [0.717, 1.165) is 27.4 Å². The molecule has 0 aliphatic carbocycles. The van der Waals surface area contributed by atoms with Gasteiger partial charge in [-0.25, -0.2) is 8.42 Å². The summed E-state index contributed by atoms with van der Waals surface area (Å²) in [5.41, 5.74) is 4.08. The van der Waals surface area contributed by atoms with E-state index >= 15 is 0 Å². The first-order valence-corrected chi connectivity index (χ1v) is 12.5. The average molecular weight is 450 g/mol. The van der Waals surface area contributed by atoms with E-state index in [1.165, 1.54) is 6.26 Å². The SMILES string of the molecule is Cc1cc(CC(=O)OC(C)C)c(S(C)(=O)=O)c2c1c1ccccc1n2Cc1ccccc1. The second-order valence-corrected chi connectivity index (χ2v) is 10.4. The number of para-hydroxylation sites is 1. The molecular formula is C26H27NO4S. The van der Waals surface area contributed by atoms with E-state index < -0.39 is 15.8 Å². The van der Waals surface area contributed by atoms with Gasteiger partial charge in [0.15, 0.2) is 9.84 Å². The van der Waals surface area contributed by atoms with Crippen LogP contribution in [0.15, 0.2) is 65.6 Å². The first-order valence-electron chi connectivity index (χ1n) is 10.6. The Balaban J connectivity index is 2.07. The molecule has 0 aliphatic rings. The van der Waals surface area contributed by atoms with Gasteiger partial charge in [-0.2, -0.15) is 0 Å². The Kier molecular flexibility index (Phi) is 5.82. The van der Waals surface area contributed by atoms with E-state index in [9.17, 15) is 13.2 Å². The van der Waals surface area contributed by atoms with Crippen LogP contribution in [0, 0.1) is 6.92 Å². The summed E-state index contributed by atoms with van der Waals surface area (Å²) >= 11 is 0. The number of carbonyl (C=O) groups excluding carboxylic acids is 1. The van der Waals surface area contributed by atoms with Gasteiger partial charge in [-0.05, 0) is 43.5 Å². The van der Waals surface area contributed by atoms with Gasteiger partial charge >= 0.3 is 5.97 Å². The number of sulfone groups is 1. The second kappa shape index (κ2) is 8.43. The van der Waals surface area contributed by atoms with Crippen LogP contribution in [0.4, 0.5) is 0 Å². The van der Waals surface area contributed by atoms with Gasteiger partial charge in [-0.15, -0.1) is 0 Å². The molecule has 3 aromatic carbocycles. The molecule has 32 heavy (non-hydrogen) atoms. The lowest BCUT2D eigenvalue weighted by Crippen LogP contribution is -2.16. The quantitative estimate of drug-likeness (QED) is 0.387. The molecule has 0 unspecified atom stereocenters. The van der Waals surface area contributed by atoms with E-state index in [1.807, 2.05) is 67.6 Å². The first kappa shape index (κ1) is 22.1. The van der Waals surface area contributed by atoms with Crippen LogP contribution in [0.3, 0.4) is 0 Å². The Hall–Kier alpha value is -3.12. The fourth-order valence-corrected chi connectivity index (χ4v) is 5.60. The van der Waals surface area contributed by atoms with E-state index in [4.69, 9.17) is 4.74 Å². The molecule has 0 atom stereocenters. The summed E-state index contributed by atoms with van der Waals surface area (Å²) in [5, 5.41) is 1.90. The molecule has 6 heteroatoms. The minimum absolute atomic E-state index is 0.0930. The van der Waals surface area contributed by atoms with E-state index in [0.29, 0.717) is 17.6 Å². The molecule has 0 bridgehead atoms. The van der Waals surface area contributed by atoms with Crippen LogP contribution in [-0.2, 0) is 32.3 Å². The van der Waals surface area contributed by atoms with E-state index in [1.54, 1.807) is 13.8 Å². The molecular weight excluding hydrogens is 422 g/mol. The third-order valence-electron chi connectivity index (χ3n) is 5.52.